The molecule has 104 valence electrons. The summed E-state index contributed by atoms with van der Waals surface area (Å²) in [5.74, 6) is 0.356. The average Bonchev–Trinajstić information content (AvgIpc) is 2.25. The van der Waals surface area contributed by atoms with Gasteiger partial charge in [0, 0.05) is 6.42 Å². The minimum atomic E-state index is -0.946. The molecule has 0 fully saturated rings. The molecule has 0 aromatic rings. The van der Waals surface area contributed by atoms with Crippen LogP contribution in [0, 0.1) is 11.8 Å². The Balaban J connectivity index is 2.95. The van der Waals surface area contributed by atoms with Gasteiger partial charge in [-0.3, -0.25) is 0 Å². The summed E-state index contributed by atoms with van der Waals surface area (Å²) in [4.78, 5) is 0. The van der Waals surface area contributed by atoms with Gasteiger partial charge in [0.15, 0.2) is 0 Å². The summed E-state index contributed by atoms with van der Waals surface area (Å²) >= 11 is 0. The van der Waals surface area contributed by atoms with Gasteiger partial charge >= 0.3 is 0 Å². The molecule has 0 aromatic carbocycles. The Morgan fingerprint density at radius 2 is 1.89 bits per heavy atom. The highest BCUT2D eigenvalue weighted by Crippen LogP contribution is 2.29. The van der Waals surface area contributed by atoms with Crippen LogP contribution >= 0.6 is 0 Å². The van der Waals surface area contributed by atoms with Crippen molar-refractivity contribution in [3.8, 4) is 0 Å². The van der Waals surface area contributed by atoms with Crippen molar-refractivity contribution in [1.29, 1.82) is 0 Å². The zero-order valence-corrected chi connectivity index (χ0v) is 11.6. The van der Waals surface area contributed by atoms with Gasteiger partial charge in [-0.15, -0.1) is 0 Å². The van der Waals surface area contributed by atoms with E-state index in [9.17, 15) is 15.3 Å². The minimum absolute atomic E-state index is 0.0512. The number of hydrogen-bond donors (Lipinski definition) is 3. The SMILES string of the molecule is C=C1C[C@@H](O)C=C(C)CC[C@@H](C(C)C)[C@@H](O)[C@@H]1O. The van der Waals surface area contributed by atoms with Crippen LogP contribution in [0.25, 0.3) is 0 Å². The molecule has 0 heterocycles. The van der Waals surface area contributed by atoms with Crippen molar-refractivity contribution in [1.82, 2.24) is 0 Å². The lowest BCUT2D eigenvalue weighted by Crippen LogP contribution is -2.38. The van der Waals surface area contributed by atoms with Crippen LogP contribution in [0.4, 0.5) is 0 Å². The zero-order valence-electron chi connectivity index (χ0n) is 11.6. The Morgan fingerprint density at radius 3 is 2.44 bits per heavy atom. The Bertz CT molecular complexity index is 320. The van der Waals surface area contributed by atoms with Crippen molar-refractivity contribution < 1.29 is 15.3 Å². The highest BCUT2D eigenvalue weighted by atomic mass is 16.3. The first kappa shape index (κ1) is 15.4. The second kappa shape index (κ2) is 6.50. The Morgan fingerprint density at radius 1 is 1.28 bits per heavy atom. The minimum Gasteiger partial charge on any atom is -0.390 e. The molecule has 0 aliphatic heterocycles. The van der Waals surface area contributed by atoms with Crippen LogP contribution in [-0.2, 0) is 0 Å². The molecule has 0 bridgehead atoms. The van der Waals surface area contributed by atoms with Gasteiger partial charge in [-0.25, -0.2) is 0 Å². The van der Waals surface area contributed by atoms with Gasteiger partial charge in [0.2, 0.25) is 0 Å². The van der Waals surface area contributed by atoms with E-state index < -0.39 is 18.3 Å². The molecule has 4 atom stereocenters. The molecule has 1 aliphatic rings. The van der Waals surface area contributed by atoms with Gasteiger partial charge in [-0.05, 0) is 37.2 Å². The summed E-state index contributed by atoms with van der Waals surface area (Å²) in [7, 11) is 0. The summed E-state index contributed by atoms with van der Waals surface area (Å²) in [5, 5.41) is 30.2. The maximum Gasteiger partial charge on any atom is 0.101 e. The highest BCUT2D eigenvalue weighted by Gasteiger charge is 2.31. The first-order valence-electron chi connectivity index (χ1n) is 6.72. The van der Waals surface area contributed by atoms with E-state index in [2.05, 4.69) is 20.4 Å². The van der Waals surface area contributed by atoms with E-state index >= 15 is 0 Å². The summed E-state index contributed by atoms with van der Waals surface area (Å²) in [6.07, 6.45) is 1.44. The van der Waals surface area contributed by atoms with E-state index in [1.807, 2.05) is 13.0 Å². The van der Waals surface area contributed by atoms with Gasteiger partial charge < -0.3 is 15.3 Å². The van der Waals surface area contributed by atoms with Crippen LogP contribution < -0.4 is 0 Å². The molecule has 3 nitrogen and oxygen atoms in total. The molecule has 0 saturated carbocycles. The van der Waals surface area contributed by atoms with E-state index in [-0.39, 0.29) is 5.92 Å². The zero-order chi connectivity index (χ0) is 13.9. The van der Waals surface area contributed by atoms with Crippen LogP contribution in [-0.4, -0.2) is 33.6 Å². The lowest BCUT2D eigenvalue weighted by atomic mass is 9.80. The predicted octanol–water partition coefficient (Wildman–Crippen LogP) is 2.03. The largest absolute Gasteiger partial charge is 0.390 e. The smallest absolute Gasteiger partial charge is 0.101 e. The molecule has 0 aromatic heterocycles. The van der Waals surface area contributed by atoms with Crippen LogP contribution in [0.5, 0.6) is 0 Å². The number of allylic oxidation sites excluding steroid dienone is 1. The van der Waals surface area contributed by atoms with E-state index in [0.29, 0.717) is 17.9 Å². The molecular weight excluding hydrogens is 228 g/mol. The molecule has 1 rings (SSSR count). The summed E-state index contributed by atoms with van der Waals surface area (Å²) in [6, 6.07) is 0. The maximum absolute atomic E-state index is 10.3. The average molecular weight is 254 g/mol. The van der Waals surface area contributed by atoms with Crippen molar-refractivity contribution >= 4 is 0 Å². The molecule has 1 aliphatic carbocycles. The van der Waals surface area contributed by atoms with E-state index in [1.54, 1.807) is 0 Å². The molecule has 18 heavy (non-hydrogen) atoms. The van der Waals surface area contributed by atoms with E-state index in [1.165, 1.54) is 0 Å². The maximum atomic E-state index is 10.3. The lowest BCUT2D eigenvalue weighted by molar-refractivity contribution is -0.0181. The van der Waals surface area contributed by atoms with Crippen LogP contribution in [0.1, 0.15) is 40.0 Å². The number of hydrogen-bond acceptors (Lipinski definition) is 3. The number of rotatable bonds is 1. The standard InChI is InChI=1S/C15H26O3/c1-9(2)13-6-5-10(3)7-12(16)8-11(4)14(17)15(13)18/h7,9,12-18H,4-6,8H2,1-3H3/t12-,13-,14+,15+/m0/s1. The topological polar surface area (TPSA) is 60.7 Å². The first-order valence-corrected chi connectivity index (χ1v) is 6.72. The third-order valence-corrected chi connectivity index (χ3v) is 3.86. The highest BCUT2D eigenvalue weighted by molar-refractivity contribution is 5.13. The normalized spacial score (nSPS) is 35.5. The van der Waals surface area contributed by atoms with Gasteiger partial charge in [0.25, 0.3) is 0 Å². The van der Waals surface area contributed by atoms with Crippen LogP contribution in [0.3, 0.4) is 0 Å². The molecule has 0 spiro atoms. The Kier molecular flexibility index (Phi) is 5.57. The van der Waals surface area contributed by atoms with Gasteiger partial charge in [0.05, 0.1) is 12.2 Å². The molecule has 0 radical (unpaired) electrons. The van der Waals surface area contributed by atoms with E-state index in [4.69, 9.17) is 0 Å². The fourth-order valence-corrected chi connectivity index (χ4v) is 2.63. The van der Waals surface area contributed by atoms with Crippen molar-refractivity contribution in [3.63, 3.8) is 0 Å². The molecule has 0 amide bonds. The quantitative estimate of drug-likeness (QED) is 0.627. The summed E-state index contributed by atoms with van der Waals surface area (Å²) < 4.78 is 0. The third-order valence-electron chi connectivity index (χ3n) is 3.86. The number of aliphatic hydroxyl groups excluding tert-OH is 3. The van der Waals surface area contributed by atoms with Gasteiger partial charge in [-0.2, -0.15) is 0 Å². The van der Waals surface area contributed by atoms with Gasteiger partial charge in [-0.1, -0.05) is 32.1 Å². The van der Waals surface area contributed by atoms with Crippen LogP contribution in [0.2, 0.25) is 0 Å². The fraction of sp³-hybridized carbons (Fsp3) is 0.733. The number of aliphatic hydroxyl groups is 3. The Labute approximate surface area is 110 Å². The molecular formula is C15H26O3. The van der Waals surface area contributed by atoms with Gasteiger partial charge in [0.1, 0.15) is 6.10 Å². The predicted molar refractivity (Wildman–Crippen MR) is 73.1 cm³/mol. The van der Waals surface area contributed by atoms with Crippen molar-refractivity contribution in [2.24, 2.45) is 11.8 Å². The lowest BCUT2D eigenvalue weighted by Gasteiger charge is -2.32. The monoisotopic (exact) mass is 254 g/mol. The molecule has 0 saturated heterocycles. The molecule has 3 N–H and O–H groups in total. The van der Waals surface area contributed by atoms with Crippen molar-refractivity contribution in [2.75, 3.05) is 0 Å². The second-order valence-electron chi connectivity index (χ2n) is 5.82. The van der Waals surface area contributed by atoms with Crippen LogP contribution in [0.15, 0.2) is 23.8 Å². The van der Waals surface area contributed by atoms with E-state index in [0.717, 1.165) is 18.4 Å². The molecule has 3 heteroatoms. The van der Waals surface area contributed by atoms with Crippen molar-refractivity contribution in [3.05, 3.63) is 23.8 Å². The summed E-state index contributed by atoms with van der Waals surface area (Å²) in [5.41, 5.74) is 1.64. The Hall–Kier alpha value is -0.640. The fourth-order valence-electron chi connectivity index (χ4n) is 2.63. The first-order chi connectivity index (χ1) is 8.32. The molecule has 0 unspecified atom stereocenters. The third kappa shape index (κ3) is 3.94. The second-order valence-corrected chi connectivity index (χ2v) is 5.82. The van der Waals surface area contributed by atoms with Crippen molar-refractivity contribution in [2.45, 2.75) is 58.3 Å². The summed E-state index contributed by atoms with van der Waals surface area (Å²) in [6.45, 7) is 9.90.